The first kappa shape index (κ1) is 17.0. The Morgan fingerprint density at radius 3 is 2.67 bits per heavy atom. The first-order chi connectivity index (χ1) is 11.5. The van der Waals surface area contributed by atoms with Crippen LogP contribution in [0.4, 0.5) is 5.69 Å². The molecule has 0 aliphatic carbocycles. The van der Waals surface area contributed by atoms with Gasteiger partial charge in [-0.25, -0.2) is 5.43 Å². The highest BCUT2D eigenvalue weighted by molar-refractivity contribution is 6.39. The molecule has 0 heterocycles. The predicted molar refractivity (Wildman–Crippen MR) is 90.2 cm³/mol. The second kappa shape index (κ2) is 7.77. The summed E-state index contributed by atoms with van der Waals surface area (Å²) in [5, 5.41) is 15.7. The van der Waals surface area contributed by atoms with Gasteiger partial charge in [-0.05, 0) is 48.4 Å². The third-order valence-corrected chi connectivity index (χ3v) is 3.07. The van der Waals surface area contributed by atoms with Gasteiger partial charge < -0.3 is 15.2 Å². The Morgan fingerprint density at radius 1 is 1.17 bits per heavy atom. The molecule has 0 aromatic heterocycles. The number of aromatic hydroxyl groups is 1. The van der Waals surface area contributed by atoms with Crippen LogP contribution in [0, 0.1) is 6.92 Å². The number of aryl methyl sites for hydroxylation is 1. The van der Waals surface area contributed by atoms with Gasteiger partial charge in [-0.1, -0.05) is 12.1 Å². The summed E-state index contributed by atoms with van der Waals surface area (Å²) in [6, 6.07) is 11.6. The fourth-order valence-corrected chi connectivity index (χ4v) is 1.90. The normalized spacial score (nSPS) is 10.4. The summed E-state index contributed by atoms with van der Waals surface area (Å²) in [6.07, 6.45) is 1.33. The molecule has 2 amide bonds. The predicted octanol–water partition coefficient (Wildman–Crippen LogP) is 1.80. The lowest BCUT2D eigenvalue weighted by atomic mass is 10.2. The quantitative estimate of drug-likeness (QED) is 0.453. The number of phenolic OH excluding ortho intramolecular Hbond substituents is 1. The molecule has 0 atom stereocenters. The zero-order chi connectivity index (χ0) is 17.5. The molecule has 0 bridgehead atoms. The van der Waals surface area contributed by atoms with E-state index in [0.29, 0.717) is 11.3 Å². The number of rotatable bonds is 4. The minimum Gasteiger partial charge on any atom is -0.504 e. The van der Waals surface area contributed by atoms with Crippen LogP contribution < -0.4 is 15.5 Å². The van der Waals surface area contributed by atoms with Gasteiger partial charge in [-0.2, -0.15) is 5.10 Å². The van der Waals surface area contributed by atoms with E-state index in [1.54, 1.807) is 24.3 Å². The maximum Gasteiger partial charge on any atom is 0.329 e. The topological polar surface area (TPSA) is 100 Å². The van der Waals surface area contributed by atoms with E-state index in [-0.39, 0.29) is 11.5 Å². The molecule has 0 saturated carbocycles. The zero-order valence-corrected chi connectivity index (χ0v) is 13.2. The second-order valence-electron chi connectivity index (χ2n) is 4.95. The molecular formula is C17H17N3O4. The highest BCUT2D eigenvalue weighted by Crippen LogP contribution is 2.25. The highest BCUT2D eigenvalue weighted by atomic mass is 16.5. The van der Waals surface area contributed by atoms with Crippen LogP contribution in [0.3, 0.4) is 0 Å². The van der Waals surface area contributed by atoms with E-state index in [4.69, 9.17) is 4.74 Å². The van der Waals surface area contributed by atoms with Crippen molar-refractivity contribution in [3.63, 3.8) is 0 Å². The minimum absolute atomic E-state index is 0.00350. The maximum atomic E-state index is 11.8. The molecule has 2 rings (SSSR count). The van der Waals surface area contributed by atoms with E-state index >= 15 is 0 Å². The van der Waals surface area contributed by atoms with E-state index < -0.39 is 11.8 Å². The van der Waals surface area contributed by atoms with Crippen LogP contribution in [-0.2, 0) is 9.59 Å². The van der Waals surface area contributed by atoms with Gasteiger partial charge >= 0.3 is 11.8 Å². The van der Waals surface area contributed by atoms with Crippen molar-refractivity contribution in [2.75, 3.05) is 12.4 Å². The Labute approximate surface area is 139 Å². The molecule has 0 fully saturated rings. The fraction of sp³-hybridized carbons (Fsp3) is 0.118. The number of carbonyl (C=O) groups excluding carboxylic acids is 2. The number of benzene rings is 2. The number of nitrogens with one attached hydrogen (secondary N) is 2. The van der Waals surface area contributed by atoms with Crippen molar-refractivity contribution in [2.24, 2.45) is 5.10 Å². The molecule has 0 saturated heterocycles. The molecule has 24 heavy (non-hydrogen) atoms. The average Bonchev–Trinajstić information content (AvgIpc) is 2.56. The van der Waals surface area contributed by atoms with Gasteiger partial charge in [0.15, 0.2) is 11.5 Å². The summed E-state index contributed by atoms with van der Waals surface area (Å²) >= 11 is 0. The average molecular weight is 327 g/mol. The number of amides is 2. The number of hydrazone groups is 1. The summed E-state index contributed by atoms with van der Waals surface area (Å²) in [7, 11) is 1.42. The van der Waals surface area contributed by atoms with Gasteiger partial charge in [0.2, 0.25) is 0 Å². The number of hydrogen-bond donors (Lipinski definition) is 3. The van der Waals surface area contributed by atoms with E-state index in [0.717, 1.165) is 5.56 Å². The van der Waals surface area contributed by atoms with Crippen molar-refractivity contribution >= 4 is 23.7 Å². The van der Waals surface area contributed by atoms with Gasteiger partial charge in [-0.15, -0.1) is 0 Å². The van der Waals surface area contributed by atoms with Gasteiger partial charge in [-0.3, -0.25) is 9.59 Å². The summed E-state index contributed by atoms with van der Waals surface area (Å²) in [5.74, 6) is -1.43. The van der Waals surface area contributed by atoms with Crippen LogP contribution in [0.15, 0.2) is 47.6 Å². The molecule has 2 aromatic rings. The van der Waals surface area contributed by atoms with Crippen molar-refractivity contribution < 1.29 is 19.4 Å². The number of ether oxygens (including phenoxy) is 1. The molecule has 0 spiro atoms. The van der Waals surface area contributed by atoms with Crippen LogP contribution in [0.2, 0.25) is 0 Å². The third-order valence-electron chi connectivity index (χ3n) is 3.07. The molecule has 2 aromatic carbocycles. The number of carbonyl (C=O) groups is 2. The molecular weight excluding hydrogens is 310 g/mol. The molecule has 0 aliphatic rings. The largest absolute Gasteiger partial charge is 0.504 e. The van der Waals surface area contributed by atoms with Crippen molar-refractivity contribution in [3.8, 4) is 11.5 Å². The molecule has 0 aliphatic heterocycles. The fourth-order valence-electron chi connectivity index (χ4n) is 1.90. The van der Waals surface area contributed by atoms with E-state index in [9.17, 15) is 14.7 Å². The Bertz CT molecular complexity index is 787. The second-order valence-corrected chi connectivity index (χ2v) is 4.95. The van der Waals surface area contributed by atoms with Crippen LogP contribution in [0.5, 0.6) is 11.5 Å². The number of hydrogen-bond acceptors (Lipinski definition) is 5. The Balaban J connectivity index is 1.93. The van der Waals surface area contributed by atoms with Crippen LogP contribution in [0.1, 0.15) is 11.1 Å². The standard InChI is InChI=1S/C17H17N3O4/c1-11-4-3-5-13(8-11)19-16(22)17(23)20-18-10-12-6-7-14(21)15(9-12)24-2/h3-10,21H,1-2H3,(H,19,22)(H,20,23). The summed E-state index contributed by atoms with van der Waals surface area (Å²) in [6.45, 7) is 1.88. The first-order valence-corrected chi connectivity index (χ1v) is 7.07. The van der Waals surface area contributed by atoms with Crippen molar-refractivity contribution in [1.29, 1.82) is 0 Å². The number of anilines is 1. The molecule has 3 N–H and O–H groups in total. The lowest BCUT2D eigenvalue weighted by molar-refractivity contribution is -0.136. The van der Waals surface area contributed by atoms with E-state index in [1.807, 2.05) is 13.0 Å². The lowest BCUT2D eigenvalue weighted by Crippen LogP contribution is -2.32. The van der Waals surface area contributed by atoms with Crippen LogP contribution >= 0.6 is 0 Å². The lowest BCUT2D eigenvalue weighted by Gasteiger charge is -2.05. The number of phenols is 1. The van der Waals surface area contributed by atoms with E-state index in [1.165, 1.54) is 25.5 Å². The summed E-state index contributed by atoms with van der Waals surface area (Å²) in [5.41, 5.74) is 4.22. The van der Waals surface area contributed by atoms with Crippen molar-refractivity contribution in [3.05, 3.63) is 53.6 Å². The molecule has 124 valence electrons. The monoisotopic (exact) mass is 327 g/mol. The SMILES string of the molecule is COc1cc(C=NNC(=O)C(=O)Nc2cccc(C)c2)ccc1O. The molecule has 0 radical (unpaired) electrons. The maximum absolute atomic E-state index is 11.8. The summed E-state index contributed by atoms with van der Waals surface area (Å²) in [4.78, 5) is 23.5. The molecule has 7 nitrogen and oxygen atoms in total. The van der Waals surface area contributed by atoms with Gasteiger partial charge in [0.1, 0.15) is 0 Å². The molecule has 0 unspecified atom stereocenters. The Hall–Kier alpha value is -3.35. The highest BCUT2D eigenvalue weighted by Gasteiger charge is 2.12. The van der Waals surface area contributed by atoms with Gasteiger partial charge in [0.05, 0.1) is 13.3 Å². The number of methoxy groups -OCH3 is 1. The number of nitrogens with zero attached hydrogens (tertiary/aromatic N) is 1. The van der Waals surface area contributed by atoms with Crippen LogP contribution in [0.25, 0.3) is 0 Å². The van der Waals surface area contributed by atoms with Crippen LogP contribution in [-0.4, -0.2) is 30.2 Å². The Morgan fingerprint density at radius 2 is 1.96 bits per heavy atom. The third kappa shape index (κ3) is 4.57. The minimum atomic E-state index is -0.890. The zero-order valence-electron chi connectivity index (χ0n) is 13.2. The van der Waals surface area contributed by atoms with Gasteiger partial charge in [0.25, 0.3) is 0 Å². The first-order valence-electron chi connectivity index (χ1n) is 7.07. The Kier molecular flexibility index (Phi) is 5.51. The smallest absolute Gasteiger partial charge is 0.329 e. The summed E-state index contributed by atoms with van der Waals surface area (Å²) < 4.78 is 4.96. The van der Waals surface area contributed by atoms with Crippen molar-refractivity contribution in [2.45, 2.75) is 6.92 Å². The molecule has 7 heteroatoms. The van der Waals surface area contributed by atoms with Gasteiger partial charge in [0, 0.05) is 5.69 Å². The van der Waals surface area contributed by atoms with Crippen molar-refractivity contribution in [1.82, 2.24) is 5.43 Å². The van der Waals surface area contributed by atoms with E-state index in [2.05, 4.69) is 15.8 Å².